The number of esters is 1. The summed E-state index contributed by atoms with van der Waals surface area (Å²) in [6.45, 7) is 12.1. The smallest absolute Gasteiger partial charge is 0.354 e. The average Bonchev–Trinajstić information content (AvgIpc) is 2.90. The second kappa shape index (κ2) is 8.42. The number of benzene rings is 1. The molecule has 0 N–H and O–H groups in total. The van der Waals surface area contributed by atoms with Crippen molar-refractivity contribution in [1.29, 1.82) is 0 Å². The van der Waals surface area contributed by atoms with Gasteiger partial charge in [0.25, 0.3) is 0 Å². The van der Waals surface area contributed by atoms with Crippen LogP contribution in [0.3, 0.4) is 0 Å². The molecule has 0 amide bonds. The minimum Gasteiger partial charge on any atom is -0.483 e. The number of nitrogens with zero attached hydrogens (tertiary/aromatic N) is 1. The molecule has 5 nitrogen and oxygen atoms in total. The van der Waals surface area contributed by atoms with Crippen LogP contribution < -0.4 is 4.74 Å². The molecule has 0 spiro atoms. The summed E-state index contributed by atoms with van der Waals surface area (Å²) in [6, 6.07) is 7.79. The molecular formula is C22H29NO4. The van der Waals surface area contributed by atoms with Crippen molar-refractivity contribution in [1.82, 2.24) is 4.57 Å². The van der Waals surface area contributed by atoms with Crippen molar-refractivity contribution in [2.24, 2.45) is 0 Å². The minimum atomic E-state index is -0.662. The van der Waals surface area contributed by atoms with Gasteiger partial charge in [-0.15, -0.1) is 0 Å². The van der Waals surface area contributed by atoms with Crippen LogP contribution in [0.2, 0.25) is 0 Å². The van der Waals surface area contributed by atoms with E-state index in [1.165, 1.54) is 12.7 Å². The van der Waals surface area contributed by atoms with Crippen molar-refractivity contribution in [3.05, 3.63) is 52.3 Å². The molecule has 0 saturated carbocycles. The molecular weight excluding hydrogens is 342 g/mol. The number of aromatic nitrogens is 1. The number of hydrogen-bond donors (Lipinski definition) is 0. The van der Waals surface area contributed by atoms with Gasteiger partial charge in [-0.05, 0) is 56.9 Å². The van der Waals surface area contributed by atoms with Gasteiger partial charge in [-0.25, -0.2) is 4.79 Å². The second-order valence-electron chi connectivity index (χ2n) is 7.02. The summed E-state index contributed by atoms with van der Waals surface area (Å²) < 4.78 is 12.6. The third-order valence-corrected chi connectivity index (χ3v) is 4.94. The van der Waals surface area contributed by atoms with Gasteiger partial charge in [0.1, 0.15) is 11.4 Å². The highest BCUT2D eigenvalue weighted by Crippen LogP contribution is 2.26. The van der Waals surface area contributed by atoms with Crippen LogP contribution in [0.15, 0.2) is 24.3 Å². The van der Waals surface area contributed by atoms with E-state index < -0.39 is 12.1 Å². The lowest BCUT2D eigenvalue weighted by molar-refractivity contribution is 0.0587. The fourth-order valence-corrected chi connectivity index (χ4v) is 3.41. The van der Waals surface area contributed by atoms with Crippen molar-refractivity contribution >= 4 is 11.8 Å². The Balaban J connectivity index is 2.31. The molecule has 0 aliphatic heterocycles. The Kier molecular flexibility index (Phi) is 6.47. The summed E-state index contributed by atoms with van der Waals surface area (Å²) in [5.74, 6) is 0.511. The predicted octanol–water partition coefficient (Wildman–Crippen LogP) is 4.69. The standard InChI is InChI=1S/C22H29NO4/c1-8-23-15(5)19(14(4)20(23)22(25)26-7)21(24)16(6)27-18-11-9-17(10-12-18)13(2)3/h9-13,16H,8H2,1-7H3. The van der Waals surface area contributed by atoms with Crippen LogP contribution >= 0.6 is 0 Å². The second-order valence-corrected chi connectivity index (χ2v) is 7.02. The highest BCUT2D eigenvalue weighted by atomic mass is 16.5. The third kappa shape index (κ3) is 4.07. The highest BCUT2D eigenvalue weighted by molar-refractivity contribution is 6.05. The zero-order valence-electron chi connectivity index (χ0n) is 17.3. The SMILES string of the molecule is CCn1c(C)c(C(=O)C(C)Oc2ccc(C(C)C)cc2)c(C)c1C(=O)OC. The van der Waals surface area contributed by atoms with E-state index in [9.17, 15) is 9.59 Å². The molecule has 5 heteroatoms. The number of ether oxygens (including phenoxy) is 2. The van der Waals surface area contributed by atoms with E-state index in [-0.39, 0.29) is 5.78 Å². The molecule has 0 aliphatic rings. The number of Topliss-reactive ketones (excluding diaryl/α,β-unsaturated/α-hetero) is 1. The van der Waals surface area contributed by atoms with Crippen LogP contribution in [0.5, 0.6) is 5.75 Å². The van der Waals surface area contributed by atoms with Crippen LogP contribution in [0.4, 0.5) is 0 Å². The number of carbonyl (C=O) groups excluding carboxylic acids is 2. The molecule has 1 heterocycles. The van der Waals surface area contributed by atoms with Gasteiger partial charge in [-0.1, -0.05) is 26.0 Å². The molecule has 0 fully saturated rings. The lowest BCUT2D eigenvalue weighted by Crippen LogP contribution is -2.25. The molecule has 2 aromatic rings. The van der Waals surface area contributed by atoms with Crippen LogP contribution in [-0.2, 0) is 11.3 Å². The normalized spacial score (nSPS) is 12.1. The van der Waals surface area contributed by atoms with Crippen LogP contribution in [0, 0.1) is 13.8 Å². The van der Waals surface area contributed by atoms with Crippen molar-refractivity contribution in [2.45, 2.75) is 60.1 Å². The van der Waals surface area contributed by atoms with Gasteiger partial charge in [0.2, 0.25) is 5.78 Å². The zero-order valence-corrected chi connectivity index (χ0v) is 17.3. The Morgan fingerprint density at radius 2 is 1.67 bits per heavy atom. The van der Waals surface area contributed by atoms with Crippen molar-refractivity contribution < 1.29 is 19.1 Å². The number of carbonyl (C=O) groups is 2. The number of ketones is 1. The lowest BCUT2D eigenvalue weighted by Gasteiger charge is -2.15. The Labute approximate surface area is 161 Å². The summed E-state index contributed by atoms with van der Waals surface area (Å²) in [4.78, 5) is 25.2. The quantitative estimate of drug-likeness (QED) is 0.523. The summed E-state index contributed by atoms with van der Waals surface area (Å²) in [7, 11) is 1.35. The lowest BCUT2D eigenvalue weighted by atomic mass is 10.0. The molecule has 1 aromatic heterocycles. The zero-order chi connectivity index (χ0) is 20.3. The maximum atomic E-state index is 13.1. The summed E-state index contributed by atoms with van der Waals surface area (Å²) in [5, 5.41) is 0. The van der Waals surface area contributed by atoms with E-state index in [2.05, 4.69) is 13.8 Å². The molecule has 27 heavy (non-hydrogen) atoms. The topological polar surface area (TPSA) is 57.5 Å². The largest absolute Gasteiger partial charge is 0.483 e. The van der Waals surface area contributed by atoms with E-state index in [4.69, 9.17) is 9.47 Å². The van der Waals surface area contributed by atoms with E-state index >= 15 is 0 Å². The summed E-state index contributed by atoms with van der Waals surface area (Å²) in [6.07, 6.45) is -0.662. The van der Waals surface area contributed by atoms with Crippen LogP contribution in [0.1, 0.15) is 71.3 Å². The van der Waals surface area contributed by atoms with E-state index in [1.807, 2.05) is 42.7 Å². The fraction of sp³-hybridized carbons (Fsp3) is 0.455. The molecule has 0 aliphatic carbocycles. The van der Waals surface area contributed by atoms with Crippen molar-refractivity contribution in [3.63, 3.8) is 0 Å². The molecule has 0 saturated heterocycles. The van der Waals surface area contributed by atoms with Crippen molar-refractivity contribution in [2.75, 3.05) is 7.11 Å². The first-order chi connectivity index (χ1) is 12.7. The third-order valence-electron chi connectivity index (χ3n) is 4.94. The van der Waals surface area contributed by atoms with Crippen molar-refractivity contribution in [3.8, 4) is 5.75 Å². The van der Waals surface area contributed by atoms with E-state index in [0.717, 1.165) is 5.69 Å². The molecule has 1 atom stereocenters. The molecule has 1 aromatic carbocycles. The first kappa shape index (κ1) is 20.7. The average molecular weight is 371 g/mol. The highest BCUT2D eigenvalue weighted by Gasteiger charge is 2.29. The van der Waals surface area contributed by atoms with Crippen LogP contribution in [-0.4, -0.2) is 29.5 Å². The minimum absolute atomic E-state index is 0.143. The van der Waals surface area contributed by atoms with Gasteiger partial charge >= 0.3 is 5.97 Å². The summed E-state index contributed by atoms with van der Waals surface area (Å²) in [5.41, 5.74) is 3.57. The number of hydrogen-bond acceptors (Lipinski definition) is 4. The Bertz CT molecular complexity index is 831. The van der Waals surface area contributed by atoms with E-state index in [1.54, 1.807) is 13.8 Å². The molecule has 2 rings (SSSR count). The number of methoxy groups -OCH3 is 1. The molecule has 1 unspecified atom stereocenters. The van der Waals surface area contributed by atoms with Gasteiger partial charge in [0, 0.05) is 17.8 Å². The fourth-order valence-electron chi connectivity index (χ4n) is 3.41. The molecule has 146 valence electrons. The Morgan fingerprint density at radius 1 is 1.07 bits per heavy atom. The van der Waals surface area contributed by atoms with Crippen LogP contribution in [0.25, 0.3) is 0 Å². The first-order valence-electron chi connectivity index (χ1n) is 9.31. The first-order valence-corrected chi connectivity index (χ1v) is 9.31. The Hall–Kier alpha value is -2.56. The molecule has 0 bridgehead atoms. The van der Waals surface area contributed by atoms with Gasteiger partial charge in [0.15, 0.2) is 6.10 Å². The number of rotatable bonds is 7. The summed E-state index contributed by atoms with van der Waals surface area (Å²) >= 11 is 0. The van der Waals surface area contributed by atoms with Gasteiger partial charge in [-0.3, -0.25) is 4.79 Å². The van der Waals surface area contributed by atoms with E-state index in [0.29, 0.717) is 35.0 Å². The maximum Gasteiger partial charge on any atom is 0.354 e. The monoisotopic (exact) mass is 371 g/mol. The van der Waals surface area contributed by atoms with Gasteiger partial charge in [0.05, 0.1) is 7.11 Å². The predicted molar refractivity (Wildman–Crippen MR) is 106 cm³/mol. The Morgan fingerprint density at radius 3 is 2.15 bits per heavy atom. The van der Waals surface area contributed by atoms with Gasteiger partial charge < -0.3 is 14.0 Å². The van der Waals surface area contributed by atoms with Gasteiger partial charge in [-0.2, -0.15) is 0 Å². The molecule has 0 radical (unpaired) electrons. The maximum absolute atomic E-state index is 13.1.